The normalized spacial score (nSPS) is 16.7. The van der Waals surface area contributed by atoms with Gasteiger partial charge in [-0.2, -0.15) is 0 Å². The number of allylic oxidation sites excluding steroid dienone is 2. The highest BCUT2D eigenvalue weighted by Gasteiger charge is 2.37. The molecule has 1 aliphatic heterocycles. The van der Waals surface area contributed by atoms with E-state index in [1.165, 1.54) is 16.9 Å². The van der Waals surface area contributed by atoms with E-state index in [-0.39, 0.29) is 5.41 Å². The van der Waals surface area contributed by atoms with Crippen molar-refractivity contribution in [1.82, 2.24) is 0 Å². The van der Waals surface area contributed by atoms with Crippen molar-refractivity contribution >= 4 is 25.4 Å². The van der Waals surface area contributed by atoms with Crippen LogP contribution in [0.2, 0.25) is 0 Å². The summed E-state index contributed by atoms with van der Waals surface area (Å²) in [6.45, 7) is 4.50. The van der Waals surface area contributed by atoms with Gasteiger partial charge in [0.1, 0.15) is 5.75 Å². The lowest BCUT2D eigenvalue weighted by Gasteiger charge is -2.23. The van der Waals surface area contributed by atoms with Crippen LogP contribution in [-0.4, -0.2) is 35.1 Å². The van der Waals surface area contributed by atoms with E-state index in [1.54, 1.807) is 7.11 Å². The van der Waals surface area contributed by atoms with Crippen LogP contribution in [-0.2, 0) is 9.98 Å². The molecule has 1 aliphatic rings. The Kier molecular flexibility index (Phi) is 6.80. The van der Waals surface area contributed by atoms with E-state index in [4.69, 9.17) is 24.0 Å². The predicted octanol–water partition coefficient (Wildman–Crippen LogP) is 3.78. The fourth-order valence-electron chi connectivity index (χ4n) is 3.16. The van der Waals surface area contributed by atoms with Gasteiger partial charge in [-0.15, -0.1) is 0 Å². The van der Waals surface area contributed by atoms with E-state index >= 15 is 0 Å². The van der Waals surface area contributed by atoms with Crippen LogP contribution in [0.1, 0.15) is 19.4 Å². The number of rotatable bonds is 3. The molecule has 2 aromatic rings. The average molecular weight is 404 g/mol. The monoisotopic (exact) mass is 404 g/mol. The van der Waals surface area contributed by atoms with Crippen LogP contribution < -0.4 is 9.64 Å². The summed E-state index contributed by atoms with van der Waals surface area (Å²) in [5, 5.41) is 0. The summed E-state index contributed by atoms with van der Waals surface area (Å²) in [4.78, 5) is 28.3. The predicted molar refractivity (Wildman–Crippen MR) is 111 cm³/mol. The van der Waals surface area contributed by atoms with Gasteiger partial charge in [0.2, 0.25) is 0 Å². The number of fused-ring (bicyclic) bond motifs is 1. The Labute approximate surface area is 164 Å². The minimum atomic E-state index is -4.64. The van der Waals surface area contributed by atoms with Gasteiger partial charge in [0.25, 0.3) is 0 Å². The third-order valence-corrected chi connectivity index (χ3v) is 4.47. The van der Waals surface area contributed by atoms with Crippen molar-refractivity contribution in [3.8, 4) is 5.75 Å². The van der Waals surface area contributed by atoms with Crippen LogP contribution in [0.15, 0.2) is 65.3 Å². The maximum Gasteiger partial charge on any atom is 0.466 e. The van der Waals surface area contributed by atoms with Crippen molar-refractivity contribution in [2.24, 2.45) is 4.99 Å². The molecule has 7 nitrogen and oxygen atoms in total. The fourth-order valence-corrected chi connectivity index (χ4v) is 3.16. The third kappa shape index (κ3) is 5.53. The molecule has 0 aliphatic carbocycles. The molecule has 0 aromatic heterocycles. The molecule has 3 rings (SSSR count). The van der Waals surface area contributed by atoms with E-state index in [2.05, 4.69) is 61.1 Å². The number of anilines is 1. The molecule has 2 aromatic carbocycles. The molecular weight excluding hydrogens is 379 g/mol. The van der Waals surface area contributed by atoms with Gasteiger partial charge in [-0.05, 0) is 42.0 Å². The fraction of sp³-hybridized carbons (Fsp3) is 0.250. The van der Waals surface area contributed by atoms with Crippen LogP contribution in [0.25, 0.3) is 0 Å². The van der Waals surface area contributed by atoms with E-state index in [1.807, 2.05) is 30.5 Å². The highest BCUT2D eigenvalue weighted by Crippen LogP contribution is 2.46. The number of hydrogen-bond acceptors (Lipinski definition) is 4. The second-order valence-corrected chi connectivity index (χ2v) is 7.77. The van der Waals surface area contributed by atoms with Gasteiger partial charge >= 0.3 is 7.82 Å². The van der Waals surface area contributed by atoms with E-state index in [0.717, 1.165) is 11.4 Å². The number of aliphatic imine (C=N–C) groups is 1. The van der Waals surface area contributed by atoms with Gasteiger partial charge < -0.3 is 24.3 Å². The summed E-state index contributed by atoms with van der Waals surface area (Å²) < 4.78 is 14.0. The molecule has 0 spiro atoms. The Balaban J connectivity index is 0.000000500. The number of ether oxygens (including phenoxy) is 1. The van der Waals surface area contributed by atoms with Crippen LogP contribution in [0, 0.1) is 0 Å². The topological polar surface area (TPSA) is 103 Å². The summed E-state index contributed by atoms with van der Waals surface area (Å²) >= 11 is 0. The lowest BCUT2D eigenvalue weighted by molar-refractivity contribution is 0.275. The average Bonchev–Trinajstić information content (AvgIpc) is 2.82. The van der Waals surface area contributed by atoms with Crippen LogP contribution in [0.3, 0.4) is 0 Å². The van der Waals surface area contributed by atoms with Crippen LogP contribution in [0.5, 0.6) is 5.75 Å². The molecule has 3 N–H and O–H groups in total. The number of benzene rings is 2. The van der Waals surface area contributed by atoms with Gasteiger partial charge in [0, 0.05) is 30.1 Å². The highest BCUT2D eigenvalue weighted by atomic mass is 31.2. The number of para-hydroxylation sites is 1. The minimum Gasteiger partial charge on any atom is -0.497 e. The molecule has 0 radical (unpaired) electrons. The number of hydrogen-bond donors (Lipinski definition) is 3. The van der Waals surface area contributed by atoms with Crippen molar-refractivity contribution in [3.63, 3.8) is 0 Å². The Morgan fingerprint density at radius 1 is 1.07 bits per heavy atom. The summed E-state index contributed by atoms with van der Waals surface area (Å²) in [5.41, 5.74) is 4.76. The van der Waals surface area contributed by atoms with Crippen molar-refractivity contribution in [3.05, 3.63) is 65.9 Å². The SMILES string of the molecule is COc1ccc(N=C/C=C2/N(C)c3ccccc3C2(C)C)cc1.O=P(O)(O)O. The zero-order valence-electron chi connectivity index (χ0n) is 16.3. The van der Waals surface area contributed by atoms with E-state index in [0.29, 0.717) is 0 Å². The Morgan fingerprint density at radius 3 is 2.18 bits per heavy atom. The molecule has 150 valence electrons. The van der Waals surface area contributed by atoms with Gasteiger partial charge in [-0.1, -0.05) is 32.0 Å². The van der Waals surface area contributed by atoms with Crippen molar-refractivity contribution in [1.29, 1.82) is 0 Å². The lowest BCUT2D eigenvalue weighted by Crippen LogP contribution is -2.22. The molecule has 1 heterocycles. The standard InChI is InChI=1S/C20H22N2O.H3O4P/c1-20(2)17-7-5-6-8-18(17)22(3)19(20)13-14-21-15-9-11-16(23-4)12-10-15;1-5(2,3)4/h5-14H,1-4H3;(H3,1,2,3,4)/b19-13+,21-14?;. The second-order valence-electron chi connectivity index (χ2n) is 6.74. The molecule has 0 amide bonds. The summed E-state index contributed by atoms with van der Waals surface area (Å²) in [5.74, 6) is 0.842. The maximum absolute atomic E-state index is 8.88. The summed E-state index contributed by atoms with van der Waals surface area (Å²) in [6.07, 6.45) is 3.98. The Hall–Kier alpha value is -2.44. The summed E-state index contributed by atoms with van der Waals surface area (Å²) in [6, 6.07) is 16.3. The third-order valence-electron chi connectivity index (χ3n) is 4.47. The molecule has 0 bridgehead atoms. The van der Waals surface area contributed by atoms with Gasteiger partial charge in [-0.25, -0.2) is 4.57 Å². The molecule has 28 heavy (non-hydrogen) atoms. The van der Waals surface area contributed by atoms with E-state index in [9.17, 15) is 0 Å². The zero-order chi connectivity index (χ0) is 20.9. The zero-order valence-corrected chi connectivity index (χ0v) is 17.2. The number of likely N-dealkylation sites (N-methyl/N-ethyl adjacent to an activating group) is 1. The first-order chi connectivity index (χ1) is 13.0. The maximum atomic E-state index is 8.88. The largest absolute Gasteiger partial charge is 0.497 e. The molecule has 0 unspecified atom stereocenters. The van der Waals surface area contributed by atoms with Gasteiger partial charge in [0.15, 0.2) is 0 Å². The minimum absolute atomic E-state index is 0.0166. The Morgan fingerprint density at radius 2 is 1.64 bits per heavy atom. The summed E-state index contributed by atoms with van der Waals surface area (Å²) in [7, 11) is -0.862. The number of phosphoric acid groups is 1. The first-order valence-electron chi connectivity index (χ1n) is 8.54. The molecule has 0 fully saturated rings. The first kappa shape index (κ1) is 21.9. The molecule has 8 heteroatoms. The van der Waals surface area contributed by atoms with Crippen molar-refractivity contribution < 1.29 is 24.0 Å². The second kappa shape index (κ2) is 8.71. The molecule has 0 saturated heterocycles. The quantitative estimate of drug-likeness (QED) is 0.532. The van der Waals surface area contributed by atoms with Gasteiger partial charge in [0.05, 0.1) is 12.8 Å². The molecule has 0 saturated carbocycles. The lowest BCUT2D eigenvalue weighted by atomic mass is 9.84. The molecular formula is C20H25N2O5P. The van der Waals surface area contributed by atoms with Crippen LogP contribution >= 0.6 is 7.82 Å². The van der Waals surface area contributed by atoms with Gasteiger partial charge in [-0.3, -0.25) is 4.99 Å². The van der Waals surface area contributed by atoms with Crippen LogP contribution in [0.4, 0.5) is 11.4 Å². The number of methoxy groups -OCH3 is 1. The Bertz CT molecular complexity index is 908. The highest BCUT2D eigenvalue weighted by molar-refractivity contribution is 7.45. The number of nitrogens with zero attached hydrogens (tertiary/aromatic N) is 2. The van der Waals surface area contributed by atoms with Crippen molar-refractivity contribution in [2.75, 3.05) is 19.1 Å². The van der Waals surface area contributed by atoms with E-state index < -0.39 is 7.82 Å². The van der Waals surface area contributed by atoms with Crippen molar-refractivity contribution in [2.45, 2.75) is 19.3 Å². The smallest absolute Gasteiger partial charge is 0.466 e. The molecule has 0 atom stereocenters. The first-order valence-corrected chi connectivity index (χ1v) is 10.1.